The average Bonchev–Trinajstić information content (AvgIpc) is 3.19. The van der Waals surface area contributed by atoms with E-state index < -0.39 is 0 Å². The molecule has 1 aliphatic carbocycles. The number of halogens is 1. The summed E-state index contributed by atoms with van der Waals surface area (Å²) in [6.07, 6.45) is 3.81. The molecule has 148 valence electrons. The van der Waals surface area contributed by atoms with E-state index in [1.54, 1.807) is 6.07 Å². The minimum atomic E-state index is 0.100. The van der Waals surface area contributed by atoms with Crippen molar-refractivity contribution in [2.24, 2.45) is 0 Å². The molecule has 4 aromatic rings. The highest BCUT2D eigenvalue weighted by Gasteiger charge is 2.33. The number of aromatic amines is 1. The number of hydrogen-bond donors (Lipinski definition) is 2. The summed E-state index contributed by atoms with van der Waals surface area (Å²) < 4.78 is 6.14. The summed E-state index contributed by atoms with van der Waals surface area (Å²) in [5.74, 6) is 1.63. The number of nitriles is 1. The summed E-state index contributed by atoms with van der Waals surface area (Å²) in [6.45, 7) is 0. The molecule has 5 nitrogen and oxygen atoms in total. The zero-order chi connectivity index (χ0) is 20.5. The highest BCUT2D eigenvalue weighted by atomic mass is 35.5. The Bertz CT molecular complexity index is 1250. The van der Waals surface area contributed by atoms with Gasteiger partial charge < -0.3 is 15.0 Å². The Balaban J connectivity index is 1.30. The van der Waals surface area contributed by atoms with Crippen molar-refractivity contribution in [3.63, 3.8) is 0 Å². The Morgan fingerprint density at radius 3 is 2.80 bits per heavy atom. The number of anilines is 2. The Morgan fingerprint density at radius 2 is 1.97 bits per heavy atom. The molecule has 0 amide bonds. The van der Waals surface area contributed by atoms with Gasteiger partial charge in [0.15, 0.2) is 0 Å². The van der Waals surface area contributed by atoms with Crippen LogP contribution in [-0.2, 0) is 0 Å². The molecule has 0 spiro atoms. The maximum absolute atomic E-state index is 9.38. The third-order valence-electron chi connectivity index (χ3n) is 5.48. The van der Waals surface area contributed by atoms with Crippen LogP contribution in [0, 0.1) is 11.3 Å². The lowest BCUT2D eigenvalue weighted by atomic mass is 9.77. The second-order valence-corrected chi connectivity index (χ2v) is 7.93. The van der Waals surface area contributed by atoms with Gasteiger partial charge in [0.2, 0.25) is 0 Å². The van der Waals surface area contributed by atoms with Crippen molar-refractivity contribution in [1.82, 2.24) is 9.97 Å². The molecule has 1 fully saturated rings. The average molecular weight is 415 g/mol. The molecule has 5 rings (SSSR count). The third kappa shape index (κ3) is 3.70. The summed E-state index contributed by atoms with van der Waals surface area (Å²) >= 11 is 6.31. The molecule has 0 saturated heterocycles. The lowest BCUT2D eigenvalue weighted by molar-refractivity contribution is 0.0985. The van der Waals surface area contributed by atoms with Gasteiger partial charge in [-0.15, -0.1) is 0 Å². The van der Waals surface area contributed by atoms with E-state index in [0.717, 1.165) is 34.5 Å². The van der Waals surface area contributed by atoms with E-state index in [-0.39, 0.29) is 6.10 Å². The van der Waals surface area contributed by atoms with E-state index in [4.69, 9.17) is 16.3 Å². The van der Waals surface area contributed by atoms with Gasteiger partial charge in [-0.2, -0.15) is 5.26 Å². The van der Waals surface area contributed by atoms with Crippen molar-refractivity contribution >= 4 is 34.0 Å². The van der Waals surface area contributed by atoms with Crippen molar-refractivity contribution in [2.45, 2.75) is 24.9 Å². The van der Waals surface area contributed by atoms with Crippen molar-refractivity contribution in [1.29, 1.82) is 5.26 Å². The fourth-order valence-electron chi connectivity index (χ4n) is 3.88. The fourth-order valence-corrected chi connectivity index (χ4v) is 4.17. The molecule has 2 heterocycles. The molecule has 2 N–H and O–H groups in total. The zero-order valence-electron chi connectivity index (χ0n) is 16.1. The second kappa shape index (κ2) is 7.74. The van der Waals surface area contributed by atoms with Crippen LogP contribution in [0.25, 0.3) is 10.9 Å². The molecule has 6 heteroatoms. The van der Waals surface area contributed by atoms with Crippen LogP contribution in [-0.4, -0.2) is 16.1 Å². The number of nitrogens with one attached hydrogen (secondary N) is 2. The number of aromatic nitrogens is 2. The van der Waals surface area contributed by atoms with E-state index in [0.29, 0.717) is 23.2 Å². The van der Waals surface area contributed by atoms with Crippen molar-refractivity contribution in [2.75, 3.05) is 5.32 Å². The topological polar surface area (TPSA) is 73.7 Å². The van der Waals surface area contributed by atoms with E-state index in [1.807, 2.05) is 54.7 Å². The Morgan fingerprint density at radius 1 is 1.10 bits per heavy atom. The lowest BCUT2D eigenvalue weighted by Gasteiger charge is -2.36. The maximum Gasteiger partial charge on any atom is 0.146 e. The van der Waals surface area contributed by atoms with Gasteiger partial charge in [0.05, 0.1) is 6.10 Å². The Kier molecular flexibility index (Phi) is 4.78. The van der Waals surface area contributed by atoms with Crippen LogP contribution in [0.3, 0.4) is 0 Å². The van der Waals surface area contributed by atoms with Crippen molar-refractivity contribution in [3.05, 3.63) is 83.1 Å². The zero-order valence-corrected chi connectivity index (χ0v) is 16.9. The summed E-state index contributed by atoms with van der Waals surface area (Å²) in [6, 6.07) is 21.6. The van der Waals surface area contributed by atoms with Gasteiger partial charge in [-0.3, -0.25) is 0 Å². The van der Waals surface area contributed by atoms with Crippen molar-refractivity contribution in [3.8, 4) is 11.8 Å². The molecule has 2 aromatic heterocycles. The predicted octanol–water partition coefficient (Wildman–Crippen LogP) is 6.16. The molecule has 2 aromatic carbocycles. The maximum atomic E-state index is 9.38. The van der Waals surface area contributed by atoms with E-state index >= 15 is 0 Å². The normalized spacial score (nSPS) is 17.9. The van der Waals surface area contributed by atoms with Crippen LogP contribution in [0.2, 0.25) is 5.02 Å². The van der Waals surface area contributed by atoms with Crippen LogP contribution < -0.4 is 10.1 Å². The largest absolute Gasteiger partial charge is 0.490 e. The van der Waals surface area contributed by atoms with Crippen molar-refractivity contribution < 1.29 is 4.74 Å². The van der Waals surface area contributed by atoms with Gasteiger partial charge in [-0.25, -0.2) is 4.98 Å². The highest BCUT2D eigenvalue weighted by Crippen LogP contribution is 2.42. The third-order valence-corrected chi connectivity index (χ3v) is 5.83. The van der Waals surface area contributed by atoms with Gasteiger partial charge in [0, 0.05) is 34.6 Å². The van der Waals surface area contributed by atoms with Gasteiger partial charge in [0.1, 0.15) is 23.3 Å². The van der Waals surface area contributed by atoms with Gasteiger partial charge in [-0.1, -0.05) is 35.9 Å². The molecule has 0 aliphatic heterocycles. The minimum absolute atomic E-state index is 0.100. The summed E-state index contributed by atoms with van der Waals surface area (Å²) in [5, 5.41) is 14.6. The molecule has 0 atom stereocenters. The Labute approximate surface area is 179 Å². The quantitative estimate of drug-likeness (QED) is 0.410. The molecule has 30 heavy (non-hydrogen) atoms. The molecular weight excluding hydrogens is 396 g/mol. The van der Waals surface area contributed by atoms with Crippen LogP contribution in [0.5, 0.6) is 5.75 Å². The first-order valence-corrected chi connectivity index (χ1v) is 10.2. The van der Waals surface area contributed by atoms with Gasteiger partial charge >= 0.3 is 0 Å². The predicted molar refractivity (Wildman–Crippen MR) is 118 cm³/mol. The molecule has 1 aliphatic rings. The van der Waals surface area contributed by atoms with E-state index in [9.17, 15) is 5.26 Å². The fraction of sp³-hybridized carbons (Fsp3) is 0.167. The van der Waals surface area contributed by atoms with Crippen LogP contribution in [0.15, 0.2) is 66.9 Å². The molecule has 0 unspecified atom stereocenters. The monoisotopic (exact) mass is 414 g/mol. The number of pyridine rings is 1. The first-order valence-electron chi connectivity index (χ1n) is 9.85. The smallest absolute Gasteiger partial charge is 0.146 e. The molecule has 1 saturated carbocycles. The summed E-state index contributed by atoms with van der Waals surface area (Å²) in [5.41, 5.74) is 3.42. The van der Waals surface area contributed by atoms with Crippen LogP contribution in [0.4, 0.5) is 11.5 Å². The van der Waals surface area contributed by atoms with Crippen LogP contribution >= 0.6 is 11.6 Å². The molecule has 0 radical (unpaired) electrons. The van der Waals surface area contributed by atoms with Gasteiger partial charge in [0.25, 0.3) is 0 Å². The SMILES string of the molecule is N#Cc1cc(OC2CC(c3ccccc3Cl)C2)cc(Nc2ccc3cc[nH]c3c2)n1. The summed E-state index contributed by atoms with van der Waals surface area (Å²) in [7, 11) is 0. The Hall–Kier alpha value is -3.49. The number of nitrogens with zero attached hydrogens (tertiary/aromatic N) is 2. The number of H-pyrrole nitrogens is 1. The summed E-state index contributed by atoms with van der Waals surface area (Å²) in [4.78, 5) is 7.56. The number of ether oxygens (including phenoxy) is 1. The minimum Gasteiger partial charge on any atom is -0.490 e. The lowest BCUT2D eigenvalue weighted by Crippen LogP contribution is -2.32. The number of benzene rings is 2. The number of rotatable bonds is 5. The first-order chi connectivity index (χ1) is 14.7. The molecule has 0 bridgehead atoms. The second-order valence-electron chi connectivity index (χ2n) is 7.52. The number of fused-ring (bicyclic) bond motifs is 1. The number of hydrogen-bond acceptors (Lipinski definition) is 4. The molecular formula is C24H19ClN4O. The first kappa shape index (κ1) is 18.5. The van der Waals surface area contributed by atoms with E-state index in [1.165, 1.54) is 5.56 Å². The standard InChI is InChI=1S/C24H19ClN4O/c25-22-4-2-1-3-21(22)16-9-19(10-16)30-20-11-18(14-26)29-24(13-20)28-17-6-5-15-7-8-27-23(15)12-17/h1-8,11-13,16,19,27H,9-10H2,(H,28,29). The van der Waals surface area contributed by atoms with Crippen LogP contribution in [0.1, 0.15) is 30.0 Å². The highest BCUT2D eigenvalue weighted by molar-refractivity contribution is 6.31. The van der Waals surface area contributed by atoms with Gasteiger partial charge in [-0.05, 0) is 54.0 Å². The van der Waals surface area contributed by atoms with E-state index in [2.05, 4.69) is 27.4 Å².